The van der Waals surface area contributed by atoms with Crippen LogP contribution in [-0.2, 0) is 11.3 Å². The second kappa shape index (κ2) is 7.31. The van der Waals surface area contributed by atoms with Crippen LogP contribution in [0.3, 0.4) is 0 Å². The van der Waals surface area contributed by atoms with Gasteiger partial charge < -0.3 is 10.1 Å². The number of nitrogens with one attached hydrogen (secondary N) is 1. The molecule has 6 heteroatoms. The van der Waals surface area contributed by atoms with Gasteiger partial charge in [0.15, 0.2) is 0 Å². The van der Waals surface area contributed by atoms with E-state index in [0.717, 1.165) is 32.1 Å². The first-order valence-electron chi connectivity index (χ1n) is 6.88. The van der Waals surface area contributed by atoms with E-state index in [4.69, 9.17) is 4.74 Å². The number of nitro groups is 1. The van der Waals surface area contributed by atoms with Crippen LogP contribution in [0.5, 0.6) is 0 Å². The molecule has 1 fully saturated rings. The Morgan fingerprint density at radius 2 is 2.25 bits per heavy atom. The first-order valence-corrected chi connectivity index (χ1v) is 6.88. The van der Waals surface area contributed by atoms with E-state index < -0.39 is 16.4 Å². The lowest BCUT2D eigenvalue weighted by Gasteiger charge is -2.06. The van der Waals surface area contributed by atoms with Crippen LogP contribution >= 0.6 is 0 Å². The highest BCUT2D eigenvalue weighted by Gasteiger charge is 2.20. The maximum atomic E-state index is 13.4. The predicted octanol–water partition coefficient (Wildman–Crippen LogP) is 2.64. The molecule has 2 rings (SSSR count). The lowest BCUT2D eigenvalue weighted by Crippen LogP contribution is -2.16. The van der Waals surface area contributed by atoms with Gasteiger partial charge in [-0.25, -0.2) is 0 Å². The highest BCUT2D eigenvalue weighted by Crippen LogP contribution is 2.28. The number of hydrogen-bond acceptors (Lipinski definition) is 4. The zero-order valence-electron chi connectivity index (χ0n) is 11.3. The van der Waals surface area contributed by atoms with Crippen molar-refractivity contribution in [2.75, 3.05) is 19.8 Å². The smallest absolute Gasteiger partial charge is 0.304 e. The van der Waals surface area contributed by atoms with Gasteiger partial charge in [-0.15, -0.1) is 0 Å². The first-order chi connectivity index (χ1) is 9.66. The maximum Gasteiger partial charge on any atom is 0.304 e. The third kappa shape index (κ3) is 4.86. The molecule has 1 aromatic rings. The summed E-state index contributed by atoms with van der Waals surface area (Å²) >= 11 is 0. The predicted molar refractivity (Wildman–Crippen MR) is 72.9 cm³/mol. The summed E-state index contributed by atoms with van der Waals surface area (Å²) in [7, 11) is 0. The topological polar surface area (TPSA) is 64.4 Å². The van der Waals surface area contributed by atoms with Crippen LogP contribution in [0.4, 0.5) is 10.1 Å². The van der Waals surface area contributed by atoms with Gasteiger partial charge in [0, 0.05) is 25.8 Å². The molecule has 0 aliphatic heterocycles. The molecule has 1 N–H and O–H groups in total. The molecular weight excluding hydrogens is 263 g/mol. The fourth-order valence-electron chi connectivity index (χ4n) is 1.87. The molecule has 1 aromatic carbocycles. The van der Waals surface area contributed by atoms with Gasteiger partial charge in [0.05, 0.1) is 4.92 Å². The van der Waals surface area contributed by atoms with Crippen molar-refractivity contribution >= 4 is 5.69 Å². The maximum absolute atomic E-state index is 13.4. The van der Waals surface area contributed by atoms with Crippen molar-refractivity contribution in [3.63, 3.8) is 0 Å². The number of ether oxygens (including phenoxy) is 1. The zero-order valence-corrected chi connectivity index (χ0v) is 11.3. The number of halogens is 1. The minimum atomic E-state index is -0.790. The van der Waals surface area contributed by atoms with Gasteiger partial charge in [-0.3, -0.25) is 10.1 Å². The summed E-state index contributed by atoms with van der Waals surface area (Å²) in [6.45, 7) is 2.88. The number of rotatable bonds is 9. The van der Waals surface area contributed by atoms with Gasteiger partial charge in [0.2, 0.25) is 5.82 Å². The molecule has 0 aromatic heterocycles. The monoisotopic (exact) mass is 282 g/mol. The van der Waals surface area contributed by atoms with Gasteiger partial charge in [-0.05, 0) is 43.4 Å². The Kier molecular flexibility index (Phi) is 5.43. The highest BCUT2D eigenvalue weighted by molar-refractivity contribution is 5.34. The van der Waals surface area contributed by atoms with Crippen molar-refractivity contribution < 1.29 is 14.1 Å². The Labute approximate surface area is 117 Å². The van der Waals surface area contributed by atoms with E-state index >= 15 is 0 Å². The fraction of sp³-hybridized carbons (Fsp3) is 0.571. The standard InChI is InChI=1S/C14H19FN2O3/c15-13-8-12(4-5-14(13)17(18)19)9-16-6-1-7-20-10-11-2-3-11/h4-5,8,11,16H,1-3,6-7,9-10H2. The first kappa shape index (κ1) is 14.9. The summed E-state index contributed by atoms with van der Waals surface area (Å²) in [6.07, 6.45) is 3.50. The van der Waals surface area contributed by atoms with E-state index in [1.54, 1.807) is 6.07 Å². The van der Waals surface area contributed by atoms with E-state index in [1.807, 2.05) is 0 Å². The molecule has 0 saturated heterocycles. The molecular formula is C14H19FN2O3. The number of benzene rings is 1. The van der Waals surface area contributed by atoms with Gasteiger partial charge in [-0.1, -0.05) is 6.07 Å². The Balaban J connectivity index is 1.60. The molecule has 0 unspecified atom stereocenters. The second-order valence-corrected chi connectivity index (χ2v) is 5.09. The van der Waals surface area contributed by atoms with Crippen LogP contribution < -0.4 is 5.32 Å². The van der Waals surface area contributed by atoms with Crippen LogP contribution in [0.2, 0.25) is 0 Å². The summed E-state index contributed by atoms with van der Waals surface area (Å²) < 4.78 is 18.9. The summed E-state index contributed by atoms with van der Waals surface area (Å²) in [5.41, 5.74) is 0.217. The molecule has 1 saturated carbocycles. The lowest BCUT2D eigenvalue weighted by atomic mass is 10.2. The summed E-state index contributed by atoms with van der Waals surface area (Å²) in [4.78, 5) is 9.76. The van der Waals surface area contributed by atoms with Crippen LogP contribution in [0.25, 0.3) is 0 Å². The zero-order chi connectivity index (χ0) is 14.4. The molecule has 1 aliphatic rings. The molecule has 0 heterocycles. The van der Waals surface area contributed by atoms with Crippen molar-refractivity contribution in [2.24, 2.45) is 5.92 Å². The Morgan fingerprint density at radius 3 is 2.90 bits per heavy atom. The van der Waals surface area contributed by atoms with Crippen LogP contribution in [0, 0.1) is 21.8 Å². The SMILES string of the molecule is O=[N+]([O-])c1ccc(CNCCCOCC2CC2)cc1F. The molecule has 20 heavy (non-hydrogen) atoms. The molecule has 110 valence electrons. The van der Waals surface area contributed by atoms with E-state index in [2.05, 4.69) is 5.32 Å². The quantitative estimate of drug-likeness (QED) is 0.429. The minimum Gasteiger partial charge on any atom is -0.381 e. The molecule has 0 spiro atoms. The summed E-state index contributed by atoms with van der Waals surface area (Å²) in [5, 5.41) is 13.6. The second-order valence-electron chi connectivity index (χ2n) is 5.09. The largest absolute Gasteiger partial charge is 0.381 e. The minimum absolute atomic E-state index is 0.484. The van der Waals surface area contributed by atoms with Crippen molar-refractivity contribution in [1.29, 1.82) is 0 Å². The van der Waals surface area contributed by atoms with Crippen LogP contribution in [-0.4, -0.2) is 24.7 Å². The van der Waals surface area contributed by atoms with E-state index in [1.165, 1.54) is 25.0 Å². The van der Waals surface area contributed by atoms with Gasteiger partial charge in [0.25, 0.3) is 0 Å². The average Bonchev–Trinajstić information content (AvgIpc) is 3.21. The molecule has 0 amide bonds. The van der Waals surface area contributed by atoms with Gasteiger partial charge in [-0.2, -0.15) is 4.39 Å². The molecule has 0 radical (unpaired) electrons. The molecule has 0 atom stereocenters. The van der Waals surface area contributed by atoms with Crippen LogP contribution in [0.15, 0.2) is 18.2 Å². The Morgan fingerprint density at radius 1 is 1.45 bits per heavy atom. The average molecular weight is 282 g/mol. The Bertz CT molecular complexity index is 464. The lowest BCUT2D eigenvalue weighted by molar-refractivity contribution is -0.387. The molecule has 1 aliphatic carbocycles. The van der Waals surface area contributed by atoms with E-state index in [9.17, 15) is 14.5 Å². The number of hydrogen-bond donors (Lipinski definition) is 1. The van der Waals surface area contributed by atoms with Gasteiger partial charge in [0.1, 0.15) is 0 Å². The van der Waals surface area contributed by atoms with Gasteiger partial charge >= 0.3 is 5.69 Å². The summed E-state index contributed by atoms with van der Waals surface area (Å²) in [6, 6.07) is 3.97. The van der Waals surface area contributed by atoms with E-state index in [-0.39, 0.29) is 0 Å². The van der Waals surface area contributed by atoms with Crippen LogP contribution in [0.1, 0.15) is 24.8 Å². The van der Waals surface area contributed by atoms with E-state index in [0.29, 0.717) is 12.1 Å². The molecule has 0 bridgehead atoms. The van der Waals surface area contributed by atoms with Crippen molar-refractivity contribution in [3.05, 3.63) is 39.7 Å². The summed E-state index contributed by atoms with van der Waals surface area (Å²) in [5.74, 6) is -0.00638. The normalized spacial score (nSPS) is 14.4. The third-order valence-electron chi connectivity index (χ3n) is 3.23. The third-order valence-corrected chi connectivity index (χ3v) is 3.23. The molecule has 5 nitrogen and oxygen atoms in total. The Hall–Kier alpha value is -1.53. The van der Waals surface area contributed by atoms with Crippen molar-refractivity contribution in [1.82, 2.24) is 5.32 Å². The van der Waals surface area contributed by atoms with Crippen molar-refractivity contribution in [3.8, 4) is 0 Å². The number of nitrogens with zero attached hydrogens (tertiary/aromatic N) is 1. The highest BCUT2D eigenvalue weighted by atomic mass is 19.1. The fourth-order valence-corrected chi connectivity index (χ4v) is 1.87. The van der Waals surface area contributed by atoms with Crippen molar-refractivity contribution in [2.45, 2.75) is 25.8 Å². The number of nitro benzene ring substituents is 1.